The quantitative estimate of drug-likeness (QED) is 0.378. The van der Waals surface area contributed by atoms with Crippen molar-refractivity contribution in [3.05, 3.63) is 69.1 Å². The zero-order valence-corrected chi connectivity index (χ0v) is 21.6. The number of anilines is 1. The van der Waals surface area contributed by atoms with Crippen molar-refractivity contribution in [2.24, 2.45) is 5.41 Å². The van der Waals surface area contributed by atoms with Gasteiger partial charge in [-0.1, -0.05) is 34.4 Å². The predicted octanol–water partition coefficient (Wildman–Crippen LogP) is 6.61. The first kappa shape index (κ1) is 23.5. The summed E-state index contributed by atoms with van der Waals surface area (Å²) in [5, 5.41) is 14.8. The van der Waals surface area contributed by atoms with Crippen molar-refractivity contribution < 1.29 is 18.8 Å². The number of fused-ring (bicyclic) bond motifs is 3. The molecule has 1 saturated carbocycles. The highest BCUT2D eigenvalue weighted by atomic mass is 35.5. The van der Waals surface area contributed by atoms with Crippen LogP contribution in [0.4, 0.5) is 10.1 Å². The van der Waals surface area contributed by atoms with Crippen LogP contribution in [0, 0.1) is 11.2 Å². The van der Waals surface area contributed by atoms with Gasteiger partial charge in [-0.25, -0.2) is 9.18 Å². The van der Waals surface area contributed by atoms with Gasteiger partial charge in [-0.15, -0.1) is 0 Å². The molecule has 4 heterocycles. The van der Waals surface area contributed by atoms with Crippen molar-refractivity contribution >= 4 is 34.9 Å². The number of likely N-dealkylation sites (tertiary alicyclic amines) is 1. The lowest BCUT2D eigenvalue weighted by Gasteiger charge is -2.52. The number of carboxylic acid groups (broad SMARTS) is 1. The first-order valence-electron chi connectivity index (χ1n) is 12.8. The van der Waals surface area contributed by atoms with Gasteiger partial charge in [0, 0.05) is 54.2 Å². The zero-order chi connectivity index (χ0) is 25.5. The van der Waals surface area contributed by atoms with E-state index in [1.54, 1.807) is 6.07 Å². The van der Waals surface area contributed by atoms with Gasteiger partial charge < -0.3 is 14.5 Å². The van der Waals surface area contributed by atoms with Gasteiger partial charge >= 0.3 is 5.97 Å². The Morgan fingerprint density at radius 1 is 1.14 bits per heavy atom. The summed E-state index contributed by atoms with van der Waals surface area (Å²) >= 11 is 13.1. The Bertz CT molecular complexity index is 1400. The second-order valence-corrected chi connectivity index (χ2v) is 11.9. The van der Waals surface area contributed by atoms with E-state index in [4.69, 9.17) is 27.7 Å². The summed E-state index contributed by atoms with van der Waals surface area (Å²) in [5.41, 5.74) is 3.14. The van der Waals surface area contributed by atoms with E-state index in [1.165, 1.54) is 6.07 Å². The number of hydrogen-bond donors (Lipinski definition) is 1. The van der Waals surface area contributed by atoms with E-state index in [0.29, 0.717) is 28.2 Å². The van der Waals surface area contributed by atoms with E-state index < -0.39 is 11.8 Å². The van der Waals surface area contributed by atoms with E-state index >= 15 is 0 Å². The van der Waals surface area contributed by atoms with Crippen LogP contribution < -0.4 is 4.90 Å². The minimum atomic E-state index is -1.11. The highest BCUT2D eigenvalue weighted by Gasteiger charge is 2.61. The Morgan fingerprint density at radius 3 is 2.57 bits per heavy atom. The molecule has 2 aromatic carbocycles. The van der Waals surface area contributed by atoms with Gasteiger partial charge in [0.1, 0.15) is 17.3 Å². The third kappa shape index (κ3) is 3.69. The molecule has 2 atom stereocenters. The number of nitrogens with zero attached hydrogens (tertiary/aromatic N) is 3. The number of aromatic carboxylic acids is 1. The molecule has 3 saturated heterocycles. The number of carbonyl (C=O) groups is 1. The molecule has 1 N–H and O–H groups in total. The van der Waals surface area contributed by atoms with Gasteiger partial charge in [0.05, 0.1) is 21.3 Å². The zero-order valence-electron chi connectivity index (χ0n) is 20.1. The van der Waals surface area contributed by atoms with Gasteiger partial charge in [-0.2, -0.15) is 0 Å². The van der Waals surface area contributed by atoms with Crippen molar-refractivity contribution in [1.29, 1.82) is 0 Å². The molecular formula is C28H26Cl2FN3O3. The minimum absolute atomic E-state index is 0.0214. The lowest BCUT2D eigenvalue weighted by molar-refractivity contribution is -0.0223. The Balaban J connectivity index is 1.13. The van der Waals surface area contributed by atoms with Crippen molar-refractivity contribution in [1.82, 2.24) is 10.1 Å². The molecule has 4 fully saturated rings. The first-order chi connectivity index (χ1) is 17.8. The molecule has 2 bridgehead atoms. The molecule has 2 unspecified atom stereocenters. The second kappa shape index (κ2) is 8.45. The highest BCUT2D eigenvalue weighted by molar-refractivity contribution is 6.39. The maximum absolute atomic E-state index is 15.0. The lowest BCUT2D eigenvalue weighted by Crippen LogP contribution is -2.61. The topological polar surface area (TPSA) is 69.8 Å². The standard InChI is InChI=1S/C28H26Cl2FN3O3/c29-19-2-1-3-20(30)24(19)25-18(26(37-32-25)15-4-5-15)12-33-13-28(14-33)11-17-7-9-23(28)34(17)22-8-6-16(27(35)36)10-21(22)31/h1-3,6,8,10,15,17,23H,4-5,7,9,11-14H2,(H,35,36). The van der Waals surface area contributed by atoms with Crippen LogP contribution in [0.3, 0.4) is 0 Å². The van der Waals surface area contributed by atoms with Crippen molar-refractivity contribution in [3.8, 4) is 11.3 Å². The molecule has 1 aromatic heterocycles. The molecule has 0 amide bonds. The molecule has 1 aliphatic carbocycles. The van der Waals surface area contributed by atoms with Gasteiger partial charge in [0.15, 0.2) is 0 Å². The first-order valence-corrected chi connectivity index (χ1v) is 13.6. The van der Waals surface area contributed by atoms with Crippen LogP contribution in [-0.4, -0.2) is 46.3 Å². The van der Waals surface area contributed by atoms with Gasteiger partial charge in [-0.05, 0) is 62.4 Å². The van der Waals surface area contributed by atoms with Crippen LogP contribution in [0.25, 0.3) is 11.3 Å². The van der Waals surface area contributed by atoms with Crippen LogP contribution >= 0.6 is 23.2 Å². The number of benzene rings is 2. The fraction of sp³-hybridized carbons (Fsp3) is 0.429. The Labute approximate surface area is 223 Å². The maximum atomic E-state index is 15.0. The molecule has 4 aliphatic rings. The highest BCUT2D eigenvalue weighted by Crippen LogP contribution is 2.57. The van der Waals surface area contributed by atoms with Crippen LogP contribution in [0.1, 0.15) is 59.7 Å². The monoisotopic (exact) mass is 541 g/mol. The summed E-state index contributed by atoms with van der Waals surface area (Å²) in [6, 6.07) is 10.3. The Kier molecular flexibility index (Phi) is 5.37. The number of halogens is 3. The average molecular weight is 542 g/mol. The van der Waals surface area contributed by atoms with Crippen molar-refractivity contribution in [2.45, 2.75) is 56.7 Å². The molecule has 7 rings (SSSR count). The van der Waals surface area contributed by atoms with Gasteiger partial charge in [0.2, 0.25) is 0 Å². The van der Waals surface area contributed by atoms with E-state index in [1.807, 2.05) is 18.2 Å². The summed E-state index contributed by atoms with van der Waals surface area (Å²) in [6.45, 7) is 2.56. The van der Waals surface area contributed by atoms with Gasteiger partial charge in [-0.3, -0.25) is 4.90 Å². The molecule has 1 spiro atoms. The number of rotatable bonds is 6. The fourth-order valence-corrected chi connectivity index (χ4v) is 7.66. The van der Waals surface area contributed by atoms with Crippen molar-refractivity contribution in [2.75, 3.05) is 18.0 Å². The Hall–Kier alpha value is -2.61. The van der Waals surface area contributed by atoms with E-state index in [0.717, 1.165) is 73.8 Å². The van der Waals surface area contributed by atoms with E-state index in [9.17, 15) is 14.3 Å². The summed E-state index contributed by atoms with van der Waals surface area (Å²) < 4.78 is 20.8. The van der Waals surface area contributed by atoms with E-state index in [2.05, 4.69) is 15.0 Å². The SMILES string of the molecule is O=C(O)c1ccc(N2C3CCC2C2(C3)CN(Cc3c(-c4c(Cl)cccc4Cl)noc3C3CC3)C2)c(F)c1. The summed E-state index contributed by atoms with van der Waals surface area (Å²) in [6.07, 6.45) is 5.30. The van der Waals surface area contributed by atoms with E-state index in [-0.39, 0.29) is 23.1 Å². The number of hydrogen-bond acceptors (Lipinski definition) is 5. The minimum Gasteiger partial charge on any atom is -0.478 e. The molecular weight excluding hydrogens is 516 g/mol. The smallest absolute Gasteiger partial charge is 0.335 e. The number of carboxylic acids is 1. The summed E-state index contributed by atoms with van der Waals surface area (Å²) in [4.78, 5) is 15.9. The van der Waals surface area contributed by atoms with Crippen LogP contribution in [0.5, 0.6) is 0 Å². The normalized spacial score (nSPS) is 24.1. The molecule has 192 valence electrons. The average Bonchev–Trinajstić information content (AvgIpc) is 3.37. The second-order valence-electron chi connectivity index (χ2n) is 11.1. The van der Waals surface area contributed by atoms with Crippen LogP contribution in [0.15, 0.2) is 40.9 Å². The largest absolute Gasteiger partial charge is 0.478 e. The van der Waals surface area contributed by atoms with Crippen LogP contribution in [-0.2, 0) is 6.54 Å². The van der Waals surface area contributed by atoms with Gasteiger partial charge in [0.25, 0.3) is 0 Å². The lowest BCUT2D eigenvalue weighted by atomic mass is 9.68. The van der Waals surface area contributed by atoms with Crippen molar-refractivity contribution in [3.63, 3.8) is 0 Å². The molecule has 9 heteroatoms. The molecule has 3 aliphatic heterocycles. The third-order valence-electron chi connectivity index (χ3n) is 8.75. The fourth-order valence-electron chi connectivity index (χ4n) is 7.08. The number of aromatic nitrogens is 1. The molecule has 0 radical (unpaired) electrons. The Morgan fingerprint density at radius 2 is 1.89 bits per heavy atom. The maximum Gasteiger partial charge on any atom is 0.335 e. The molecule has 37 heavy (non-hydrogen) atoms. The van der Waals surface area contributed by atoms with Crippen LogP contribution in [0.2, 0.25) is 10.0 Å². The third-order valence-corrected chi connectivity index (χ3v) is 9.38. The molecule has 3 aromatic rings. The predicted molar refractivity (Wildman–Crippen MR) is 139 cm³/mol. The molecule has 6 nitrogen and oxygen atoms in total. The summed E-state index contributed by atoms with van der Waals surface area (Å²) in [7, 11) is 0. The summed E-state index contributed by atoms with van der Waals surface area (Å²) in [5.74, 6) is -0.216.